The number of anilines is 1. The summed E-state index contributed by atoms with van der Waals surface area (Å²) in [5, 5.41) is 20.0. The van der Waals surface area contributed by atoms with Crippen LogP contribution in [0.4, 0.5) is 5.69 Å². The molecule has 310 valence electrons. The van der Waals surface area contributed by atoms with Crippen LogP contribution in [0.5, 0.6) is 5.75 Å². The van der Waals surface area contributed by atoms with Gasteiger partial charge in [0.15, 0.2) is 6.10 Å². The molecule has 0 spiro atoms. The summed E-state index contributed by atoms with van der Waals surface area (Å²) in [7, 11) is 0. The van der Waals surface area contributed by atoms with E-state index < -0.39 is 24.0 Å². The molecule has 1 aromatic heterocycles. The molecule has 57 heavy (non-hydrogen) atoms. The first-order valence-corrected chi connectivity index (χ1v) is 20.8. The number of hydrogen-bond donors (Lipinski definition) is 2. The number of aryl methyl sites for hydroxylation is 1. The van der Waals surface area contributed by atoms with E-state index >= 15 is 0 Å². The fraction of sp³-hybridized carbons (Fsp3) is 0.522. The first-order chi connectivity index (χ1) is 27.5. The molecule has 1 amide bonds. The van der Waals surface area contributed by atoms with Crippen molar-refractivity contribution in [2.24, 2.45) is 0 Å². The van der Waals surface area contributed by atoms with Crippen LogP contribution < -0.4 is 9.64 Å². The Bertz CT molecular complexity index is 1810. The molecule has 0 radical (unpaired) electrons. The van der Waals surface area contributed by atoms with Crippen LogP contribution in [-0.2, 0) is 30.5 Å². The van der Waals surface area contributed by atoms with E-state index in [4.69, 9.17) is 9.47 Å². The maximum absolute atomic E-state index is 13.2. The van der Waals surface area contributed by atoms with Crippen LogP contribution in [0.1, 0.15) is 147 Å². The molecule has 0 aliphatic carbocycles. The molecule has 4 rings (SSSR count). The predicted octanol–water partition coefficient (Wildman–Crippen LogP) is 10.4. The van der Waals surface area contributed by atoms with Gasteiger partial charge >= 0.3 is 11.9 Å². The number of carboxylic acid groups (broad SMARTS) is 1. The molecule has 2 unspecified atom stereocenters. The van der Waals surface area contributed by atoms with Gasteiger partial charge in [0.1, 0.15) is 28.5 Å². The number of aromatic nitrogens is 3. The van der Waals surface area contributed by atoms with Crippen LogP contribution in [0, 0.1) is 6.92 Å². The topological polar surface area (TPSA) is 152 Å². The van der Waals surface area contributed by atoms with Gasteiger partial charge in [-0.05, 0) is 80.1 Å². The number of esters is 1. The number of Topliss-reactive ketones (excluding diaryl/α,β-unsaturated/α-hetero) is 1. The van der Waals surface area contributed by atoms with E-state index in [0.717, 1.165) is 61.5 Å². The number of H-pyrrole nitrogens is 1. The molecule has 3 aromatic carbocycles. The lowest BCUT2D eigenvalue weighted by Crippen LogP contribution is -2.31. The highest BCUT2D eigenvalue weighted by Crippen LogP contribution is 2.31. The van der Waals surface area contributed by atoms with Gasteiger partial charge in [0.25, 0.3) is 0 Å². The van der Waals surface area contributed by atoms with Gasteiger partial charge in [0.05, 0.1) is 13.2 Å². The number of carboxylic acids is 1. The minimum absolute atomic E-state index is 0.185. The molecule has 11 heteroatoms. The number of nitrogens with zero attached hydrogens (tertiary/aromatic N) is 3. The molecule has 0 bridgehead atoms. The minimum Gasteiger partial charge on any atom is -0.479 e. The second-order valence-electron chi connectivity index (χ2n) is 14.8. The average molecular weight is 785 g/mol. The van der Waals surface area contributed by atoms with Crippen LogP contribution in [0.25, 0.3) is 11.0 Å². The zero-order chi connectivity index (χ0) is 41.4. The van der Waals surface area contributed by atoms with E-state index in [1.54, 1.807) is 48.5 Å². The molecule has 0 saturated carbocycles. The standard InChI is InChI=1S/C39H57NO7.C7H7N3/c1-5-7-9-11-12-13-14-15-16-20-28-46-39(45)37(30(3)41)34-21-18-19-22-35(34)40(31(4)42)29-32-24-26-33(27-25-32)47-36(38(43)44)23-17-10-8-6-2;1-5-2-3-6-7(4-5)9-10-8-6/h18-19,21-22,24-27,36-37H,5-17,20,23,28-29H2,1-4H3,(H,43,44);2-4H,1H3,(H,8,9,10). The summed E-state index contributed by atoms with van der Waals surface area (Å²) in [4.78, 5) is 52.2. The number of rotatable bonds is 25. The van der Waals surface area contributed by atoms with Crippen molar-refractivity contribution in [3.63, 3.8) is 0 Å². The molecule has 0 saturated heterocycles. The van der Waals surface area contributed by atoms with Gasteiger partial charge in [-0.1, -0.05) is 127 Å². The van der Waals surface area contributed by atoms with Gasteiger partial charge < -0.3 is 19.5 Å². The van der Waals surface area contributed by atoms with Gasteiger partial charge in [-0.2, -0.15) is 15.4 Å². The molecule has 2 N–H and O–H groups in total. The van der Waals surface area contributed by atoms with Crippen molar-refractivity contribution >= 4 is 40.3 Å². The Kier molecular flexibility index (Phi) is 21.1. The number of fused-ring (bicyclic) bond motifs is 1. The highest BCUT2D eigenvalue weighted by atomic mass is 16.5. The summed E-state index contributed by atoms with van der Waals surface area (Å²) < 4.78 is 11.3. The maximum atomic E-state index is 13.2. The van der Waals surface area contributed by atoms with Gasteiger partial charge in [-0.25, -0.2) is 4.79 Å². The lowest BCUT2D eigenvalue weighted by atomic mass is 9.93. The minimum atomic E-state index is -1.14. The number of amides is 1. The highest BCUT2D eigenvalue weighted by molar-refractivity contribution is 6.05. The van der Waals surface area contributed by atoms with Crippen LogP contribution in [0.3, 0.4) is 0 Å². The number of aromatic amines is 1. The summed E-state index contributed by atoms with van der Waals surface area (Å²) in [6, 6.07) is 19.9. The Morgan fingerprint density at radius 3 is 1.95 bits per heavy atom. The normalized spacial score (nSPS) is 11.9. The zero-order valence-electron chi connectivity index (χ0n) is 34.8. The van der Waals surface area contributed by atoms with Crippen LogP contribution >= 0.6 is 0 Å². The smallest absolute Gasteiger partial charge is 0.344 e. The van der Waals surface area contributed by atoms with E-state index in [1.165, 1.54) is 69.3 Å². The van der Waals surface area contributed by atoms with Crippen molar-refractivity contribution in [2.45, 2.75) is 149 Å². The third-order valence-corrected chi connectivity index (χ3v) is 9.91. The number of aliphatic carboxylic acids is 1. The van der Waals surface area contributed by atoms with Crippen LogP contribution in [-0.4, -0.2) is 56.9 Å². The van der Waals surface area contributed by atoms with E-state index in [0.29, 0.717) is 23.4 Å². The predicted molar refractivity (Wildman–Crippen MR) is 225 cm³/mol. The third kappa shape index (κ3) is 16.5. The fourth-order valence-corrected chi connectivity index (χ4v) is 6.66. The molecule has 2 atom stereocenters. The van der Waals surface area contributed by atoms with Gasteiger partial charge in [0.2, 0.25) is 5.91 Å². The summed E-state index contributed by atoms with van der Waals surface area (Å²) in [5.41, 5.74) is 4.73. The number of hydrogen-bond acceptors (Lipinski definition) is 8. The van der Waals surface area contributed by atoms with Gasteiger partial charge in [-0.15, -0.1) is 0 Å². The average Bonchev–Trinajstić information content (AvgIpc) is 3.66. The Morgan fingerprint density at radius 2 is 1.33 bits per heavy atom. The number of para-hydroxylation sites is 1. The molecule has 11 nitrogen and oxygen atoms in total. The van der Waals surface area contributed by atoms with Gasteiger partial charge in [0, 0.05) is 12.6 Å². The number of benzene rings is 3. The number of carbonyl (C=O) groups is 4. The summed E-state index contributed by atoms with van der Waals surface area (Å²) in [6.07, 6.45) is 15.1. The quantitative estimate of drug-likeness (QED) is 0.0380. The van der Waals surface area contributed by atoms with Crippen molar-refractivity contribution in [1.29, 1.82) is 0 Å². The fourth-order valence-electron chi connectivity index (χ4n) is 6.66. The first kappa shape index (κ1) is 46.3. The van der Waals surface area contributed by atoms with Crippen molar-refractivity contribution in [3.05, 3.63) is 83.4 Å². The number of carbonyl (C=O) groups excluding carboxylic acids is 3. The van der Waals surface area contributed by atoms with Crippen LogP contribution in [0.15, 0.2) is 66.7 Å². The van der Waals surface area contributed by atoms with Gasteiger partial charge in [-0.3, -0.25) is 14.4 Å². The molecule has 0 aliphatic rings. The molecule has 0 fully saturated rings. The van der Waals surface area contributed by atoms with Crippen molar-refractivity contribution in [3.8, 4) is 5.75 Å². The van der Waals surface area contributed by atoms with E-state index in [1.807, 2.05) is 25.1 Å². The SMILES string of the molecule is CCCCCCCCCCCCOC(=O)C(C(C)=O)c1ccccc1N(Cc1ccc(OC(CCCCCC)C(=O)O)cc1)C(C)=O.Cc1ccc2n[nH]nc2c1. The number of nitrogens with one attached hydrogen (secondary N) is 1. The Balaban J connectivity index is 0.000000743. The van der Waals surface area contributed by atoms with E-state index in [2.05, 4.69) is 29.3 Å². The number of ether oxygens (including phenoxy) is 2. The lowest BCUT2D eigenvalue weighted by Gasteiger charge is -2.26. The maximum Gasteiger partial charge on any atom is 0.344 e. The summed E-state index contributed by atoms with van der Waals surface area (Å²) in [5.74, 6) is -2.90. The summed E-state index contributed by atoms with van der Waals surface area (Å²) in [6.45, 7) is 9.62. The van der Waals surface area contributed by atoms with Crippen molar-refractivity contribution < 1.29 is 33.8 Å². The van der Waals surface area contributed by atoms with E-state index in [-0.39, 0.29) is 24.8 Å². The molecule has 0 aliphatic heterocycles. The Hall–Kier alpha value is -5.06. The Morgan fingerprint density at radius 1 is 0.737 bits per heavy atom. The van der Waals surface area contributed by atoms with Crippen molar-refractivity contribution in [1.82, 2.24) is 15.4 Å². The lowest BCUT2D eigenvalue weighted by molar-refractivity contribution is -0.148. The highest BCUT2D eigenvalue weighted by Gasteiger charge is 2.31. The van der Waals surface area contributed by atoms with E-state index in [9.17, 15) is 24.3 Å². The first-order valence-electron chi connectivity index (χ1n) is 20.8. The van der Waals surface area contributed by atoms with Crippen LogP contribution in [0.2, 0.25) is 0 Å². The Labute approximate surface area is 338 Å². The monoisotopic (exact) mass is 784 g/mol. The summed E-state index contributed by atoms with van der Waals surface area (Å²) >= 11 is 0. The molecular weight excluding hydrogens is 721 g/mol. The largest absolute Gasteiger partial charge is 0.479 e. The molecular formula is C46H64N4O7. The zero-order valence-corrected chi connectivity index (χ0v) is 34.8. The molecule has 1 heterocycles. The second-order valence-corrected chi connectivity index (χ2v) is 14.8. The third-order valence-electron chi connectivity index (χ3n) is 9.91. The number of unbranched alkanes of at least 4 members (excludes halogenated alkanes) is 12. The second kappa shape index (κ2) is 26.0. The molecule has 4 aromatic rings. The van der Waals surface area contributed by atoms with Crippen molar-refractivity contribution in [2.75, 3.05) is 11.5 Å². The number of ketones is 1.